The number of benzene rings is 1. The van der Waals surface area contributed by atoms with Crippen molar-refractivity contribution in [1.29, 1.82) is 0 Å². The van der Waals surface area contributed by atoms with Crippen molar-refractivity contribution in [2.24, 2.45) is 0 Å². The zero-order chi connectivity index (χ0) is 21.4. The molecule has 7 nitrogen and oxygen atoms in total. The highest BCUT2D eigenvalue weighted by atomic mass is 16.2. The average molecular weight is 418 g/mol. The van der Waals surface area contributed by atoms with Crippen molar-refractivity contribution in [2.45, 2.75) is 38.1 Å². The van der Waals surface area contributed by atoms with Crippen molar-refractivity contribution in [3.05, 3.63) is 59.3 Å². The van der Waals surface area contributed by atoms with Gasteiger partial charge in [0.2, 0.25) is 0 Å². The second kappa shape index (κ2) is 8.13. The van der Waals surface area contributed by atoms with Crippen molar-refractivity contribution >= 4 is 23.5 Å². The Bertz CT molecular complexity index is 1010. The number of nitrogens with zero attached hydrogens (tertiary/aromatic N) is 4. The molecule has 1 aliphatic carbocycles. The van der Waals surface area contributed by atoms with Gasteiger partial charge in [0.1, 0.15) is 5.82 Å². The lowest BCUT2D eigenvalue weighted by Crippen LogP contribution is -2.49. The predicted octanol–water partition coefficient (Wildman–Crippen LogP) is 2.97. The summed E-state index contributed by atoms with van der Waals surface area (Å²) in [4.78, 5) is 48.8. The van der Waals surface area contributed by atoms with Crippen molar-refractivity contribution in [3.8, 4) is 0 Å². The minimum atomic E-state index is -0.249. The number of aromatic nitrogens is 1. The maximum Gasteiger partial charge on any atom is 0.261 e. The lowest BCUT2D eigenvalue weighted by molar-refractivity contribution is 0.0548. The zero-order valence-corrected chi connectivity index (χ0v) is 17.5. The molecular formula is C24H26N4O3. The highest BCUT2D eigenvalue weighted by Crippen LogP contribution is 2.31. The van der Waals surface area contributed by atoms with Gasteiger partial charge in [0.15, 0.2) is 0 Å². The molecule has 1 aromatic carbocycles. The van der Waals surface area contributed by atoms with E-state index in [1.807, 2.05) is 18.2 Å². The lowest BCUT2D eigenvalue weighted by atomic mass is 9.94. The summed E-state index contributed by atoms with van der Waals surface area (Å²) in [5.41, 5.74) is 1.26. The molecule has 3 aliphatic rings. The van der Waals surface area contributed by atoms with E-state index in [4.69, 9.17) is 0 Å². The van der Waals surface area contributed by atoms with Crippen LogP contribution in [-0.2, 0) is 0 Å². The highest BCUT2D eigenvalue weighted by Gasteiger charge is 2.40. The van der Waals surface area contributed by atoms with E-state index < -0.39 is 0 Å². The number of imide groups is 1. The molecule has 31 heavy (non-hydrogen) atoms. The van der Waals surface area contributed by atoms with Gasteiger partial charge in [-0.05, 0) is 43.2 Å². The van der Waals surface area contributed by atoms with E-state index in [1.54, 1.807) is 29.3 Å². The Morgan fingerprint density at radius 2 is 1.61 bits per heavy atom. The van der Waals surface area contributed by atoms with Crippen molar-refractivity contribution in [2.75, 3.05) is 31.1 Å². The first kappa shape index (κ1) is 19.7. The topological polar surface area (TPSA) is 73.8 Å². The van der Waals surface area contributed by atoms with Crippen LogP contribution < -0.4 is 4.90 Å². The van der Waals surface area contributed by atoms with Gasteiger partial charge in [0.05, 0.1) is 11.1 Å². The van der Waals surface area contributed by atoms with Crippen molar-refractivity contribution in [3.63, 3.8) is 0 Å². The molecule has 5 rings (SSSR count). The van der Waals surface area contributed by atoms with Crippen LogP contribution in [0.5, 0.6) is 0 Å². The SMILES string of the molecule is O=C(c1ccc2c(c1)C(=O)N(C1CCCCC1)C2=O)N1CCN(c2ccccn2)CC1. The van der Waals surface area contributed by atoms with Crippen molar-refractivity contribution < 1.29 is 14.4 Å². The second-order valence-corrected chi connectivity index (χ2v) is 8.50. The van der Waals surface area contributed by atoms with E-state index in [0.29, 0.717) is 42.9 Å². The zero-order valence-electron chi connectivity index (χ0n) is 17.5. The molecule has 0 unspecified atom stereocenters. The smallest absolute Gasteiger partial charge is 0.261 e. The van der Waals surface area contributed by atoms with E-state index in [1.165, 1.54) is 4.90 Å². The molecule has 1 saturated heterocycles. The molecule has 1 saturated carbocycles. The minimum Gasteiger partial charge on any atom is -0.353 e. The van der Waals surface area contributed by atoms with Crippen LogP contribution in [0, 0.1) is 0 Å². The fourth-order valence-electron chi connectivity index (χ4n) is 4.93. The Morgan fingerprint density at radius 3 is 2.32 bits per heavy atom. The third kappa shape index (κ3) is 3.58. The summed E-state index contributed by atoms with van der Waals surface area (Å²) in [5, 5.41) is 0. The van der Waals surface area contributed by atoms with Gasteiger partial charge in [-0.15, -0.1) is 0 Å². The molecule has 0 N–H and O–H groups in total. The van der Waals surface area contributed by atoms with Crippen molar-refractivity contribution in [1.82, 2.24) is 14.8 Å². The van der Waals surface area contributed by atoms with E-state index >= 15 is 0 Å². The van der Waals surface area contributed by atoms with Gasteiger partial charge in [0.25, 0.3) is 17.7 Å². The number of rotatable bonds is 3. The van der Waals surface area contributed by atoms with Crippen LogP contribution in [0.25, 0.3) is 0 Å². The number of pyridine rings is 1. The summed E-state index contributed by atoms with van der Waals surface area (Å²) >= 11 is 0. The molecule has 3 heterocycles. The van der Waals surface area contributed by atoms with Gasteiger partial charge in [-0.25, -0.2) is 4.98 Å². The largest absolute Gasteiger partial charge is 0.353 e. The fraction of sp³-hybridized carbons (Fsp3) is 0.417. The number of hydrogen-bond donors (Lipinski definition) is 0. The van der Waals surface area contributed by atoms with Crippen LogP contribution in [0.4, 0.5) is 5.82 Å². The Balaban J connectivity index is 1.30. The first-order valence-electron chi connectivity index (χ1n) is 11.1. The van der Waals surface area contributed by atoms with Gasteiger partial charge in [-0.1, -0.05) is 25.3 Å². The van der Waals surface area contributed by atoms with Gasteiger partial charge in [-0.3, -0.25) is 19.3 Å². The predicted molar refractivity (Wildman–Crippen MR) is 116 cm³/mol. The fourth-order valence-corrected chi connectivity index (χ4v) is 4.93. The number of carbonyl (C=O) groups is 3. The summed E-state index contributed by atoms with van der Waals surface area (Å²) < 4.78 is 0. The number of fused-ring (bicyclic) bond motifs is 1. The highest BCUT2D eigenvalue weighted by molar-refractivity contribution is 6.22. The molecule has 2 aromatic rings. The maximum absolute atomic E-state index is 13.1. The normalized spacial score (nSPS) is 19.7. The lowest BCUT2D eigenvalue weighted by Gasteiger charge is -2.35. The molecule has 0 spiro atoms. The van der Waals surface area contributed by atoms with Gasteiger partial charge < -0.3 is 9.80 Å². The van der Waals surface area contributed by atoms with Gasteiger partial charge in [0, 0.05) is 44.0 Å². The molecular weight excluding hydrogens is 392 g/mol. The summed E-state index contributed by atoms with van der Waals surface area (Å²) in [7, 11) is 0. The van der Waals surface area contributed by atoms with Crippen LogP contribution in [0.3, 0.4) is 0 Å². The number of anilines is 1. The molecule has 160 valence electrons. The molecule has 0 bridgehead atoms. The molecule has 3 amide bonds. The molecule has 7 heteroatoms. The second-order valence-electron chi connectivity index (χ2n) is 8.50. The monoisotopic (exact) mass is 418 g/mol. The molecule has 2 aliphatic heterocycles. The molecule has 2 fully saturated rings. The number of hydrogen-bond acceptors (Lipinski definition) is 5. The Labute approximate surface area is 181 Å². The number of amides is 3. The number of carbonyl (C=O) groups excluding carboxylic acids is 3. The summed E-state index contributed by atoms with van der Waals surface area (Å²) in [6.45, 7) is 2.60. The maximum atomic E-state index is 13.1. The standard InChI is InChI=1S/C24H26N4O3/c29-22(27-14-12-26(13-15-27)21-8-4-5-11-25-21)17-9-10-19-20(16-17)24(31)28(23(19)30)18-6-2-1-3-7-18/h4-5,8-11,16,18H,1-3,6-7,12-15H2. The average Bonchev–Trinajstić information content (AvgIpc) is 3.09. The van der Waals surface area contributed by atoms with E-state index in [-0.39, 0.29) is 23.8 Å². The third-order valence-corrected chi connectivity index (χ3v) is 6.64. The molecule has 0 atom stereocenters. The Hall–Kier alpha value is -3.22. The van der Waals surface area contributed by atoms with Gasteiger partial charge in [-0.2, -0.15) is 0 Å². The minimum absolute atomic E-state index is 0.0139. The molecule has 0 radical (unpaired) electrons. The van der Waals surface area contributed by atoms with Crippen LogP contribution >= 0.6 is 0 Å². The summed E-state index contributed by atoms with van der Waals surface area (Å²) in [5.74, 6) is 0.357. The van der Waals surface area contributed by atoms with E-state index in [2.05, 4.69) is 9.88 Å². The summed E-state index contributed by atoms with van der Waals surface area (Å²) in [6, 6.07) is 10.7. The summed E-state index contributed by atoms with van der Waals surface area (Å²) in [6.07, 6.45) is 6.77. The van der Waals surface area contributed by atoms with E-state index in [0.717, 1.165) is 37.9 Å². The quantitative estimate of drug-likeness (QED) is 0.717. The first-order chi connectivity index (χ1) is 15.1. The third-order valence-electron chi connectivity index (χ3n) is 6.64. The number of piperazine rings is 1. The van der Waals surface area contributed by atoms with Crippen LogP contribution in [0.15, 0.2) is 42.6 Å². The van der Waals surface area contributed by atoms with Crippen LogP contribution in [0.2, 0.25) is 0 Å². The Morgan fingerprint density at radius 1 is 0.871 bits per heavy atom. The van der Waals surface area contributed by atoms with Gasteiger partial charge >= 0.3 is 0 Å². The van der Waals surface area contributed by atoms with Crippen LogP contribution in [0.1, 0.15) is 63.2 Å². The van der Waals surface area contributed by atoms with Crippen LogP contribution in [-0.4, -0.2) is 64.7 Å². The van der Waals surface area contributed by atoms with E-state index in [9.17, 15) is 14.4 Å². The Kier molecular flexibility index (Phi) is 5.18. The molecule has 1 aromatic heterocycles. The first-order valence-corrected chi connectivity index (χ1v) is 11.1.